The predicted molar refractivity (Wildman–Crippen MR) is 87.3 cm³/mol. The number of anilines is 1. The zero-order valence-electron chi connectivity index (χ0n) is 14.1. The second kappa shape index (κ2) is 6.86. The van der Waals surface area contributed by atoms with Crippen molar-refractivity contribution in [3.05, 3.63) is 29.8 Å². The van der Waals surface area contributed by atoms with E-state index in [1.54, 1.807) is 12.4 Å². The average Bonchev–Trinajstić information content (AvgIpc) is 3.06. The minimum atomic E-state index is -0.452. The Bertz CT molecular complexity index is 722. The Morgan fingerprint density at radius 2 is 2.00 bits per heavy atom. The number of piperidine rings is 1. The molecular weight excluding hydrogens is 310 g/mol. The summed E-state index contributed by atoms with van der Waals surface area (Å²) in [5, 5.41) is 8.17. The van der Waals surface area contributed by atoms with Crippen LogP contribution in [0.2, 0.25) is 0 Å². The lowest BCUT2D eigenvalue weighted by molar-refractivity contribution is 0.0596. The van der Waals surface area contributed by atoms with Crippen molar-refractivity contribution in [1.29, 1.82) is 0 Å². The fraction of sp³-hybridized carbons (Fsp3) is 0.500. The highest BCUT2D eigenvalue weighted by molar-refractivity contribution is 5.92. The molecule has 8 heteroatoms. The van der Waals surface area contributed by atoms with Gasteiger partial charge in [0.15, 0.2) is 0 Å². The Morgan fingerprint density at radius 3 is 2.58 bits per heavy atom. The normalized spacial score (nSPS) is 15.4. The first-order valence-corrected chi connectivity index (χ1v) is 7.86. The van der Waals surface area contributed by atoms with Gasteiger partial charge in [-0.1, -0.05) is 0 Å². The summed E-state index contributed by atoms with van der Waals surface area (Å²) in [4.78, 5) is 18.4. The van der Waals surface area contributed by atoms with Crippen LogP contribution in [0.4, 0.5) is 5.82 Å². The Hall–Kier alpha value is -2.64. The van der Waals surface area contributed by atoms with Gasteiger partial charge in [0.25, 0.3) is 0 Å². The van der Waals surface area contributed by atoms with Gasteiger partial charge in [0.05, 0.1) is 14.2 Å². The van der Waals surface area contributed by atoms with E-state index in [2.05, 4.69) is 20.1 Å². The van der Waals surface area contributed by atoms with Gasteiger partial charge in [-0.05, 0) is 25.0 Å². The van der Waals surface area contributed by atoms with Crippen molar-refractivity contribution < 1.29 is 14.3 Å². The van der Waals surface area contributed by atoms with E-state index in [4.69, 9.17) is 9.47 Å². The molecule has 1 saturated heterocycles. The fourth-order valence-electron chi connectivity index (χ4n) is 3.06. The summed E-state index contributed by atoms with van der Waals surface area (Å²) in [6, 6.07) is 3.53. The van der Waals surface area contributed by atoms with Gasteiger partial charge in [-0.3, -0.25) is 0 Å². The van der Waals surface area contributed by atoms with Crippen molar-refractivity contribution in [1.82, 2.24) is 19.7 Å². The van der Waals surface area contributed by atoms with Gasteiger partial charge < -0.3 is 18.9 Å². The summed E-state index contributed by atoms with van der Waals surface area (Å²) >= 11 is 0. The third kappa shape index (κ3) is 3.04. The number of nitrogens with zero attached hydrogens (tertiary/aromatic N) is 5. The number of aromatic nitrogens is 4. The van der Waals surface area contributed by atoms with E-state index >= 15 is 0 Å². The molecule has 3 rings (SSSR count). The van der Waals surface area contributed by atoms with E-state index in [1.165, 1.54) is 14.2 Å². The van der Waals surface area contributed by atoms with Gasteiger partial charge in [-0.2, -0.15) is 4.98 Å². The number of carbonyl (C=O) groups excluding carboxylic acids is 1. The number of methoxy groups -OCH3 is 2. The minimum absolute atomic E-state index is 0.287. The second-order valence-corrected chi connectivity index (χ2v) is 5.78. The number of pyridine rings is 1. The molecule has 0 bridgehead atoms. The van der Waals surface area contributed by atoms with Gasteiger partial charge in [0.1, 0.15) is 23.5 Å². The van der Waals surface area contributed by atoms with Crippen LogP contribution in [0.5, 0.6) is 5.88 Å². The van der Waals surface area contributed by atoms with E-state index in [0.29, 0.717) is 11.5 Å². The van der Waals surface area contributed by atoms with Crippen LogP contribution < -0.4 is 9.64 Å². The van der Waals surface area contributed by atoms with Crippen LogP contribution in [0.25, 0.3) is 0 Å². The maximum Gasteiger partial charge on any atom is 0.343 e. The molecule has 1 fully saturated rings. The minimum Gasteiger partial charge on any atom is -0.480 e. The molecule has 3 heterocycles. The highest BCUT2D eigenvalue weighted by Gasteiger charge is 2.25. The zero-order valence-corrected chi connectivity index (χ0v) is 14.1. The third-order valence-electron chi connectivity index (χ3n) is 4.37. The van der Waals surface area contributed by atoms with Crippen LogP contribution in [-0.2, 0) is 11.8 Å². The van der Waals surface area contributed by atoms with Gasteiger partial charge in [-0.15, -0.1) is 10.2 Å². The van der Waals surface area contributed by atoms with Crippen molar-refractivity contribution in [2.75, 3.05) is 32.2 Å². The molecule has 0 unspecified atom stereocenters. The average molecular weight is 331 g/mol. The lowest BCUT2D eigenvalue weighted by Crippen LogP contribution is -2.34. The summed E-state index contributed by atoms with van der Waals surface area (Å²) in [6.45, 7) is 1.73. The Labute approximate surface area is 140 Å². The molecule has 24 heavy (non-hydrogen) atoms. The molecule has 1 aliphatic heterocycles. The molecule has 0 atom stereocenters. The summed E-state index contributed by atoms with van der Waals surface area (Å²) in [7, 11) is 4.81. The lowest BCUT2D eigenvalue weighted by atomic mass is 9.96. The number of aryl methyl sites for hydroxylation is 1. The second-order valence-electron chi connectivity index (χ2n) is 5.78. The van der Waals surface area contributed by atoms with Crippen LogP contribution in [0.3, 0.4) is 0 Å². The fourth-order valence-corrected chi connectivity index (χ4v) is 3.06. The molecule has 0 amide bonds. The summed E-state index contributed by atoms with van der Waals surface area (Å²) < 4.78 is 12.0. The van der Waals surface area contributed by atoms with Crippen molar-refractivity contribution in [3.8, 4) is 5.88 Å². The van der Waals surface area contributed by atoms with Crippen molar-refractivity contribution in [2.24, 2.45) is 7.05 Å². The summed E-state index contributed by atoms with van der Waals surface area (Å²) in [5.41, 5.74) is 0.331. The van der Waals surface area contributed by atoms with Gasteiger partial charge in [0, 0.05) is 26.1 Å². The molecule has 0 radical (unpaired) electrons. The largest absolute Gasteiger partial charge is 0.480 e. The lowest BCUT2D eigenvalue weighted by Gasteiger charge is -2.32. The van der Waals surface area contributed by atoms with E-state index in [-0.39, 0.29) is 5.88 Å². The van der Waals surface area contributed by atoms with Crippen molar-refractivity contribution in [2.45, 2.75) is 18.8 Å². The Morgan fingerprint density at radius 1 is 1.25 bits per heavy atom. The first-order valence-electron chi connectivity index (χ1n) is 7.86. The van der Waals surface area contributed by atoms with Crippen molar-refractivity contribution in [3.63, 3.8) is 0 Å². The first-order chi connectivity index (χ1) is 11.6. The Kier molecular flexibility index (Phi) is 4.64. The van der Waals surface area contributed by atoms with E-state index in [1.807, 2.05) is 17.7 Å². The molecule has 128 valence electrons. The molecule has 1 aliphatic rings. The maximum atomic E-state index is 11.7. The third-order valence-corrected chi connectivity index (χ3v) is 4.37. The van der Waals surface area contributed by atoms with Crippen LogP contribution in [-0.4, -0.2) is 53.0 Å². The van der Waals surface area contributed by atoms with Gasteiger partial charge in [-0.25, -0.2) is 4.79 Å². The van der Waals surface area contributed by atoms with Crippen LogP contribution in [0.15, 0.2) is 18.5 Å². The maximum absolute atomic E-state index is 11.7. The standard InChI is InChI=1S/C16H21N5O3/c1-20-10-17-19-14(20)11-6-8-21(9-7-11)13-5-4-12(16(22)24-3)15(18-13)23-2/h4-5,10-11H,6-9H2,1-3H3. The number of esters is 1. The van der Waals surface area contributed by atoms with Crippen LogP contribution >= 0.6 is 0 Å². The predicted octanol–water partition coefficient (Wildman–Crippen LogP) is 1.39. The number of carbonyl (C=O) groups is 1. The smallest absolute Gasteiger partial charge is 0.343 e. The van der Waals surface area contributed by atoms with Gasteiger partial charge >= 0.3 is 5.97 Å². The van der Waals surface area contributed by atoms with E-state index < -0.39 is 5.97 Å². The van der Waals surface area contributed by atoms with Crippen molar-refractivity contribution >= 4 is 11.8 Å². The van der Waals surface area contributed by atoms with Gasteiger partial charge in [0.2, 0.25) is 5.88 Å². The molecule has 2 aromatic rings. The van der Waals surface area contributed by atoms with Crippen LogP contribution in [0, 0.1) is 0 Å². The highest BCUT2D eigenvalue weighted by atomic mass is 16.5. The summed E-state index contributed by atoms with van der Waals surface area (Å²) in [5.74, 6) is 2.07. The number of hydrogen-bond donors (Lipinski definition) is 0. The first kappa shape index (κ1) is 16.2. The quantitative estimate of drug-likeness (QED) is 0.783. The molecule has 0 N–H and O–H groups in total. The molecule has 2 aromatic heterocycles. The monoisotopic (exact) mass is 331 g/mol. The summed E-state index contributed by atoms with van der Waals surface area (Å²) in [6.07, 6.45) is 3.70. The SMILES string of the molecule is COC(=O)c1ccc(N2CCC(c3nncn3C)CC2)nc1OC. The van der Waals surface area contributed by atoms with E-state index in [0.717, 1.165) is 37.6 Å². The number of rotatable bonds is 4. The zero-order chi connectivity index (χ0) is 17.1. The van der Waals surface area contributed by atoms with Crippen LogP contribution in [0.1, 0.15) is 34.9 Å². The Balaban J connectivity index is 1.72. The molecule has 0 spiro atoms. The molecular formula is C16H21N5O3. The topological polar surface area (TPSA) is 82.4 Å². The van der Waals surface area contributed by atoms with E-state index in [9.17, 15) is 4.79 Å². The molecule has 8 nitrogen and oxygen atoms in total. The number of hydrogen-bond acceptors (Lipinski definition) is 7. The molecule has 0 saturated carbocycles. The highest BCUT2D eigenvalue weighted by Crippen LogP contribution is 2.30. The number of ether oxygens (including phenoxy) is 2. The molecule has 0 aromatic carbocycles. The molecule has 0 aliphatic carbocycles.